The molecule has 2 aromatic rings. The van der Waals surface area contributed by atoms with E-state index < -0.39 is 22.7 Å². The van der Waals surface area contributed by atoms with Crippen LogP contribution in [-0.4, -0.2) is 57.7 Å². The number of carbonyl (C=O) groups excluding carboxylic acids is 2. The van der Waals surface area contributed by atoms with Gasteiger partial charge < -0.3 is 14.9 Å². The van der Waals surface area contributed by atoms with Crippen LogP contribution in [-0.2, 0) is 9.59 Å². The number of aliphatic hydroxyl groups excluding tert-OH is 1. The molecule has 0 bridgehead atoms. The van der Waals surface area contributed by atoms with E-state index in [1.165, 1.54) is 40.5 Å². The highest BCUT2D eigenvalue weighted by atomic mass is 32.1. The van der Waals surface area contributed by atoms with Gasteiger partial charge in [0.1, 0.15) is 5.76 Å². The first-order valence-electron chi connectivity index (χ1n) is 12.2. The fourth-order valence-corrected chi connectivity index (χ4v) is 5.18. The molecule has 2 heterocycles. The molecule has 0 saturated carbocycles. The summed E-state index contributed by atoms with van der Waals surface area (Å²) in [6, 6.07) is 8.44. The van der Waals surface area contributed by atoms with E-state index in [2.05, 4.69) is 18.7 Å². The Bertz CT molecular complexity index is 1060. The standard InChI is InChI=1S/C26H33N3O5S/c1-3-5-13-27(14-6-4-2)15-9-16-28-23(21-12-8-17-35-21)22(25(31)26(28)32)24(30)19-10-7-11-20(18-19)29(33)34/h7-8,10-12,17-18,23,30H,3-6,9,13-16H2,1-2H3/t23-/m0/s1. The highest BCUT2D eigenvalue weighted by Crippen LogP contribution is 2.41. The number of rotatable bonds is 13. The maximum atomic E-state index is 13.1. The molecule has 1 amide bonds. The highest BCUT2D eigenvalue weighted by molar-refractivity contribution is 7.10. The third-order valence-corrected chi connectivity index (χ3v) is 7.14. The molecule has 1 aliphatic heterocycles. The smallest absolute Gasteiger partial charge is 0.295 e. The van der Waals surface area contributed by atoms with Gasteiger partial charge in [-0.1, -0.05) is 44.9 Å². The van der Waals surface area contributed by atoms with Gasteiger partial charge in [-0.2, -0.15) is 0 Å². The van der Waals surface area contributed by atoms with Crippen LogP contribution >= 0.6 is 11.3 Å². The number of nitrogens with zero attached hydrogens (tertiary/aromatic N) is 3. The van der Waals surface area contributed by atoms with Crippen molar-refractivity contribution in [2.45, 2.75) is 52.0 Å². The number of hydrogen-bond acceptors (Lipinski definition) is 7. The third kappa shape index (κ3) is 6.35. The number of likely N-dealkylation sites (tertiary alicyclic amines) is 1. The molecular formula is C26H33N3O5S. The lowest BCUT2D eigenvalue weighted by Gasteiger charge is -2.26. The average Bonchev–Trinajstić information content (AvgIpc) is 3.47. The van der Waals surface area contributed by atoms with Crippen LogP contribution in [0.25, 0.3) is 5.76 Å². The zero-order chi connectivity index (χ0) is 25.4. The van der Waals surface area contributed by atoms with Crippen LogP contribution in [0.1, 0.15) is 62.4 Å². The summed E-state index contributed by atoms with van der Waals surface area (Å²) >= 11 is 1.40. The summed E-state index contributed by atoms with van der Waals surface area (Å²) in [5.41, 5.74) is -0.0777. The summed E-state index contributed by atoms with van der Waals surface area (Å²) in [6.45, 7) is 7.56. The van der Waals surface area contributed by atoms with Gasteiger partial charge >= 0.3 is 0 Å². The van der Waals surface area contributed by atoms with E-state index in [0.717, 1.165) is 50.2 Å². The molecule has 3 rings (SSSR count). The van der Waals surface area contributed by atoms with Crippen molar-refractivity contribution in [1.82, 2.24) is 9.80 Å². The molecule has 1 fully saturated rings. The predicted molar refractivity (Wildman–Crippen MR) is 137 cm³/mol. The quantitative estimate of drug-likeness (QED) is 0.131. The molecule has 188 valence electrons. The molecule has 1 atom stereocenters. The molecule has 1 aliphatic rings. The van der Waals surface area contributed by atoms with Crippen LogP contribution in [0.5, 0.6) is 0 Å². The first kappa shape index (κ1) is 26.6. The number of amides is 1. The fourth-order valence-electron chi connectivity index (χ4n) is 4.34. The van der Waals surface area contributed by atoms with Crippen molar-refractivity contribution in [3.8, 4) is 0 Å². The normalized spacial score (nSPS) is 17.5. The second kappa shape index (κ2) is 12.6. The summed E-state index contributed by atoms with van der Waals surface area (Å²) in [5, 5.41) is 24.1. The van der Waals surface area contributed by atoms with Crippen molar-refractivity contribution >= 4 is 34.5 Å². The van der Waals surface area contributed by atoms with Gasteiger partial charge in [-0.3, -0.25) is 19.7 Å². The Hall–Kier alpha value is -3.04. The predicted octanol–water partition coefficient (Wildman–Crippen LogP) is 5.37. The Balaban J connectivity index is 1.88. The van der Waals surface area contributed by atoms with Gasteiger partial charge in [-0.15, -0.1) is 11.3 Å². The molecule has 0 spiro atoms. The van der Waals surface area contributed by atoms with Gasteiger partial charge in [0.25, 0.3) is 17.4 Å². The van der Waals surface area contributed by atoms with Crippen LogP contribution in [0.15, 0.2) is 47.4 Å². The topological polar surface area (TPSA) is 104 Å². The molecule has 8 nitrogen and oxygen atoms in total. The summed E-state index contributed by atoms with van der Waals surface area (Å²) in [5.74, 6) is -1.80. The number of aliphatic hydroxyl groups is 1. The van der Waals surface area contributed by atoms with E-state index in [1.54, 1.807) is 0 Å². The molecule has 1 aromatic heterocycles. The molecule has 0 radical (unpaired) electrons. The van der Waals surface area contributed by atoms with E-state index >= 15 is 0 Å². The van der Waals surface area contributed by atoms with Gasteiger partial charge in [0.05, 0.1) is 16.5 Å². The number of thiophene rings is 1. The molecule has 9 heteroatoms. The summed E-state index contributed by atoms with van der Waals surface area (Å²) in [7, 11) is 0. The third-order valence-electron chi connectivity index (χ3n) is 6.21. The second-order valence-corrected chi connectivity index (χ2v) is 9.70. The van der Waals surface area contributed by atoms with Gasteiger partial charge in [0, 0.05) is 29.1 Å². The average molecular weight is 500 g/mol. The Morgan fingerprint density at radius 3 is 2.37 bits per heavy atom. The lowest BCUT2D eigenvalue weighted by molar-refractivity contribution is -0.384. The van der Waals surface area contributed by atoms with E-state index in [4.69, 9.17) is 0 Å². The first-order valence-corrected chi connectivity index (χ1v) is 13.1. The maximum absolute atomic E-state index is 13.1. The number of hydrogen-bond donors (Lipinski definition) is 1. The van der Waals surface area contributed by atoms with Crippen LogP contribution in [0.2, 0.25) is 0 Å². The zero-order valence-corrected chi connectivity index (χ0v) is 21.1. The van der Waals surface area contributed by atoms with Crippen LogP contribution < -0.4 is 0 Å². The van der Waals surface area contributed by atoms with Crippen molar-refractivity contribution in [2.75, 3.05) is 26.2 Å². The SMILES string of the molecule is CCCCN(CCCC)CCCN1C(=O)C(=O)C(=C(O)c2cccc([N+](=O)[O-])c2)[C@@H]1c1cccs1. The van der Waals surface area contributed by atoms with Crippen LogP contribution in [0, 0.1) is 10.1 Å². The van der Waals surface area contributed by atoms with Gasteiger partial charge in [-0.25, -0.2) is 0 Å². The number of non-ortho nitro benzene ring substituents is 1. The number of Topliss-reactive ketones (excluding diaryl/α,β-unsaturated/α-hetero) is 1. The molecule has 0 unspecified atom stereocenters. The number of nitro groups is 1. The molecule has 1 N–H and O–H groups in total. The van der Waals surface area contributed by atoms with Crippen molar-refractivity contribution in [1.29, 1.82) is 0 Å². The number of carbonyl (C=O) groups is 2. The lowest BCUT2D eigenvalue weighted by atomic mass is 9.99. The Morgan fingerprint density at radius 1 is 1.09 bits per heavy atom. The fraction of sp³-hybridized carbons (Fsp3) is 0.462. The van der Waals surface area contributed by atoms with Gasteiger partial charge in [0.2, 0.25) is 0 Å². The largest absolute Gasteiger partial charge is 0.507 e. The number of benzene rings is 1. The molecule has 35 heavy (non-hydrogen) atoms. The van der Waals surface area contributed by atoms with Crippen molar-refractivity contribution in [3.63, 3.8) is 0 Å². The van der Waals surface area contributed by atoms with E-state index in [1.807, 2.05) is 17.5 Å². The molecule has 1 aromatic carbocycles. The minimum Gasteiger partial charge on any atom is -0.507 e. The van der Waals surface area contributed by atoms with Crippen molar-refractivity contribution in [2.24, 2.45) is 0 Å². The highest BCUT2D eigenvalue weighted by Gasteiger charge is 2.46. The Labute approximate surface area is 210 Å². The van der Waals surface area contributed by atoms with Gasteiger partial charge in [-0.05, 0) is 50.3 Å². The van der Waals surface area contributed by atoms with Crippen molar-refractivity contribution in [3.05, 3.63) is 67.9 Å². The molecular weight excluding hydrogens is 466 g/mol. The monoisotopic (exact) mass is 499 g/mol. The minimum atomic E-state index is -0.763. The minimum absolute atomic E-state index is 0.0215. The number of nitro benzene ring substituents is 1. The van der Waals surface area contributed by atoms with Crippen LogP contribution in [0.3, 0.4) is 0 Å². The van der Waals surface area contributed by atoms with E-state index in [-0.39, 0.29) is 22.6 Å². The van der Waals surface area contributed by atoms with Crippen LogP contribution in [0.4, 0.5) is 5.69 Å². The number of unbranched alkanes of at least 4 members (excludes halogenated alkanes) is 2. The molecule has 1 saturated heterocycles. The maximum Gasteiger partial charge on any atom is 0.295 e. The lowest BCUT2D eigenvalue weighted by Crippen LogP contribution is -2.34. The first-order chi connectivity index (χ1) is 16.9. The van der Waals surface area contributed by atoms with E-state index in [0.29, 0.717) is 13.0 Å². The zero-order valence-electron chi connectivity index (χ0n) is 20.3. The second-order valence-electron chi connectivity index (χ2n) is 8.72. The van der Waals surface area contributed by atoms with Gasteiger partial charge in [0.15, 0.2) is 0 Å². The molecule has 0 aliphatic carbocycles. The summed E-state index contributed by atoms with van der Waals surface area (Å²) < 4.78 is 0. The Kier molecular flexibility index (Phi) is 9.56. The van der Waals surface area contributed by atoms with Crippen molar-refractivity contribution < 1.29 is 19.6 Å². The summed E-state index contributed by atoms with van der Waals surface area (Å²) in [4.78, 5) is 41.5. The number of ketones is 1. The summed E-state index contributed by atoms with van der Waals surface area (Å²) in [6.07, 6.45) is 5.18. The Morgan fingerprint density at radius 2 is 1.77 bits per heavy atom. The van der Waals surface area contributed by atoms with E-state index in [9.17, 15) is 24.8 Å².